The summed E-state index contributed by atoms with van der Waals surface area (Å²) in [5, 5.41) is 4.12. The standard InChI is InChI=1S/C8H14N2S/c1-2-11-8-4-7-10-6-3-5-9-10/h3,5-6H,2,4,7-8H2,1H3. The lowest BCUT2D eigenvalue weighted by Gasteiger charge is -1.99. The number of hydrogen-bond donors (Lipinski definition) is 0. The van der Waals surface area contributed by atoms with E-state index in [9.17, 15) is 0 Å². The van der Waals surface area contributed by atoms with Crippen LogP contribution >= 0.6 is 11.8 Å². The second-order valence-electron chi connectivity index (χ2n) is 2.32. The highest BCUT2D eigenvalue weighted by Crippen LogP contribution is 2.01. The molecule has 1 aromatic rings. The van der Waals surface area contributed by atoms with Crippen LogP contribution in [-0.4, -0.2) is 21.3 Å². The smallest absolute Gasteiger partial charge is 0.0489 e. The minimum absolute atomic E-state index is 1.06. The van der Waals surface area contributed by atoms with Crippen molar-refractivity contribution in [2.75, 3.05) is 11.5 Å². The molecule has 0 spiro atoms. The van der Waals surface area contributed by atoms with Crippen molar-refractivity contribution >= 4 is 11.8 Å². The van der Waals surface area contributed by atoms with E-state index in [1.165, 1.54) is 17.9 Å². The van der Waals surface area contributed by atoms with Crippen LogP contribution in [0.3, 0.4) is 0 Å². The number of rotatable bonds is 5. The number of aromatic nitrogens is 2. The molecular formula is C8H14N2S. The Morgan fingerprint density at radius 3 is 3.09 bits per heavy atom. The summed E-state index contributed by atoms with van der Waals surface area (Å²) in [6.45, 7) is 3.25. The zero-order valence-corrected chi connectivity index (χ0v) is 7.68. The van der Waals surface area contributed by atoms with E-state index in [-0.39, 0.29) is 0 Å². The van der Waals surface area contributed by atoms with Gasteiger partial charge in [0.25, 0.3) is 0 Å². The van der Waals surface area contributed by atoms with Crippen LogP contribution in [-0.2, 0) is 6.54 Å². The summed E-state index contributed by atoms with van der Waals surface area (Å²) >= 11 is 1.99. The molecule has 0 saturated heterocycles. The van der Waals surface area contributed by atoms with Crippen LogP contribution in [0.2, 0.25) is 0 Å². The van der Waals surface area contributed by atoms with E-state index in [0.29, 0.717) is 0 Å². The molecule has 0 unspecified atom stereocenters. The molecule has 0 fully saturated rings. The third-order valence-corrected chi connectivity index (χ3v) is 2.42. The molecule has 0 bridgehead atoms. The van der Waals surface area contributed by atoms with E-state index >= 15 is 0 Å². The molecule has 0 aliphatic carbocycles. The fourth-order valence-corrected chi connectivity index (χ4v) is 1.53. The number of hydrogen-bond acceptors (Lipinski definition) is 2. The summed E-state index contributed by atoms with van der Waals surface area (Å²) in [7, 11) is 0. The first kappa shape index (κ1) is 8.65. The Balaban J connectivity index is 2.04. The first-order chi connectivity index (χ1) is 5.43. The van der Waals surface area contributed by atoms with E-state index in [1.54, 1.807) is 0 Å². The highest BCUT2D eigenvalue weighted by molar-refractivity contribution is 7.99. The molecule has 2 nitrogen and oxygen atoms in total. The minimum Gasteiger partial charge on any atom is -0.273 e. The van der Waals surface area contributed by atoms with Gasteiger partial charge in [0.1, 0.15) is 0 Å². The lowest BCUT2D eigenvalue weighted by molar-refractivity contribution is 0.606. The minimum atomic E-state index is 1.06. The third kappa shape index (κ3) is 3.46. The van der Waals surface area contributed by atoms with Gasteiger partial charge in [0.15, 0.2) is 0 Å². The maximum atomic E-state index is 4.12. The van der Waals surface area contributed by atoms with Crippen LogP contribution < -0.4 is 0 Å². The summed E-state index contributed by atoms with van der Waals surface area (Å²) in [6, 6.07) is 1.97. The summed E-state index contributed by atoms with van der Waals surface area (Å²) in [4.78, 5) is 0. The molecular weight excluding hydrogens is 156 g/mol. The van der Waals surface area contributed by atoms with Gasteiger partial charge in [-0.3, -0.25) is 4.68 Å². The second-order valence-corrected chi connectivity index (χ2v) is 3.71. The third-order valence-electron chi connectivity index (χ3n) is 1.44. The molecule has 0 amide bonds. The van der Waals surface area contributed by atoms with Crippen molar-refractivity contribution in [3.05, 3.63) is 18.5 Å². The van der Waals surface area contributed by atoms with Crippen LogP contribution in [0.25, 0.3) is 0 Å². The van der Waals surface area contributed by atoms with Gasteiger partial charge in [-0.25, -0.2) is 0 Å². The summed E-state index contributed by atoms with van der Waals surface area (Å²) in [5.41, 5.74) is 0. The number of thioether (sulfide) groups is 1. The number of aryl methyl sites for hydroxylation is 1. The average molecular weight is 170 g/mol. The fraction of sp³-hybridized carbons (Fsp3) is 0.625. The summed E-state index contributed by atoms with van der Waals surface area (Å²) < 4.78 is 1.98. The molecule has 0 aliphatic rings. The van der Waals surface area contributed by atoms with Gasteiger partial charge in [0.2, 0.25) is 0 Å². The first-order valence-corrected chi connectivity index (χ1v) is 5.14. The highest BCUT2D eigenvalue weighted by Gasteiger charge is 1.89. The van der Waals surface area contributed by atoms with Crippen molar-refractivity contribution in [3.63, 3.8) is 0 Å². The zero-order chi connectivity index (χ0) is 7.94. The molecule has 1 aromatic heterocycles. The van der Waals surface area contributed by atoms with Gasteiger partial charge in [0.05, 0.1) is 0 Å². The van der Waals surface area contributed by atoms with Gasteiger partial charge in [-0.2, -0.15) is 16.9 Å². The molecule has 0 atom stereocenters. The molecule has 0 aromatic carbocycles. The molecule has 0 saturated carbocycles. The van der Waals surface area contributed by atoms with E-state index < -0.39 is 0 Å². The second kappa shape index (κ2) is 5.24. The maximum absolute atomic E-state index is 4.12. The Hall–Kier alpha value is -0.440. The molecule has 0 aliphatic heterocycles. The van der Waals surface area contributed by atoms with Crippen molar-refractivity contribution in [1.82, 2.24) is 9.78 Å². The quantitative estimate of drug-likeness (QED) is 0.629. The Kier molecular flexibility index (Phi) is 4.12. The fourth-order valence-electron chi connectivity index (χ4n) is 0.906. The predicted octanol–water partition coefficient (Wildman–Crippen LogP) is 2.03. The van der Waals surface area contributed by atoms with Crippen molar-refractivity contribution < 1.29 is 0 Å². The SMILES string of the molecule is CCSCCCn1cccn1. The Morgan fingerprint density at radius 2 is 2.45 bits per heavy atom. The van der Waals surface area contributed by atoms with E-state index in [0.717, 1.165) is 6.54 Å². The largest absolute Gasteiger partial charge is 0.273 e. The van der Waals surface area contributed by atoms with Gasteiger partial charge in [0, 0.05) is 18.9 Å². The summed E-state index contributed by atoms with van der Waals surface area (Å²) in [5.74, 6) is 2.47. The van der Waals surface area contributed by atoms with E-state index in [2.05, 4.69) is 12.0 Å². The van der Waals surface area contributed by atoms with Crippen LogP contribution in [0.4, 0.5) is 0 Å². The van der Waals surface area contributed by atoms with Crippen LogP contribution in [0.5, 0.6) is 0 Å². The van der Waals surface area contributed by atoms with E-state index in [1.807, 2.05) is 34.9 Å². The van der Waals surface area contributed by atoms with Crippen molar-refractivity contribution in [1.29, 1.82) is 0 Å². The Bertz CT molecular complexity index is 172. The predicted molar refractivity (Wildman–Crippen MR) is 49.8 cm³/mol. The Labute approximate surface area is 72.0 Å². The molecule has 3 heteroatoms. The lowest BCUT2D eigenvalue weighted by Crippen LogP contribution is -1.98. The van der Waals surface area contributed by atoms with Crippen molar-refractivity contribution in [2.24, 2.45) is 0 Å². The van der Waals surface area contributed by atoms with Crippen LogP contribution in [0.15, 0.2) is 18.5 Å². The molecule has 1 rings (SSSR count). The van der Waals surface area contributed by atoms with Crippen molar-refractivity contribution in [2.45, 2.75) is 19.9 Å². The van der Waals surface area contributed by atoms with Gasteiger partial charge in [-0.05, 0) is 24.0 Å². The van der Waals surface area contributed by atoms with E-state index in [4.69, 9.17) is 0 Å². The van der Waals surface area contributed by atoms with Gasteiger partial charge in [-0.1, -0.05) is 6.92 Å². The lowest BCUT2D eigenvalue weighted by atomic mass is 10.5. The normalized spacial score (nSPS) is 10.3. The Morgan fingerprint density at radius 1 is 1.55 bits per heavy atom. The molecule has 62 valence electrons. The van der Waals surface area contributed by atoms with Gasteiger partial charge in [-0.15, -0.1) is 0 Å². The molecule has 11 heavy (non-hydrogen) atoms. The molecule has 1 heterocycles. The first-order valence-electron chi connectivity index (χ1n) is 3.98. The summed E-state index contributed by atoms with van der Waals surface area (Å²) in [6.07, 6.45) is 5.06. The van der Waals surface area contributed by atoms with Gasteiger partial charge >= 0.3 is 0 Å². The van der Waals surface area contributed by atoms with Crippen LogP contribution in [0, 0.1) is 0 Å². The van der Waals surface area contributed by atoms with Crippen LogP contribution in [0.1, 0.15) is 13.3 Å². The topological polar surface area (TPSA) is 17.8 Å². The molecule has 0 N–H and O–H groups in total. The zero-order valence-electron chi connectivity index (χ0n) is 6.86. The average Bonchev–Trinajstić information content (AvgIpc) is 2.50. The maximum Gasteiger partial charge on any atom is 0.0489 e. The number of nitrogens with zero attached hydrogens (tertiary/aromatic N) is 2. The van der Waals surface area contributed by atoms with Gasteiger partial charge < -0.3 is 0 Å². The highest BCUT2D eigenvalue weighted by atomic mass is 32.2. The molecule has 0 radical (unpaired) electrons. The van der Waals surface area contributed by atoms with Crippen molar-refractivity contribution in [3.8, 4) is 0 Å². The monoisotopic (exact) mass is 170 g/mol.